The van der Waals surface area contributed by atoms with Gasteiger partial charge in [-0.2, -0.15) is 0 Å². The maximum atomic E-state index is 12.6. The Labute approximate surface area is 156 Å². The molecule has 0 bridgehead atoms. The minimum absolute atomic E-state index is 0.0457. The van der Waals surface area contributed by atoms with E-state index in [9.17, 15) is 9.59 Å². The maximum absolute atomic E-state index is 12.6. The molecule has 4 rings (SSSR count). The number of hydrogen-bond acceptors (Lipinski definition) is 5. The zero-order chi connectivity index (χ0) is 18.6. The van der Waals surface area contributed by atoms with E-state index in [1.54, 1.807) is 12.1 Å². The molecule has 5 nitrogen and oxygen atoms in total. The van der Waals surface area contributed by atoms with Crippen LogP contribution >= 0.6 is 0 Å². The van der Waals surface area contributed by atoms with Crippen molar-refractivity contribution in [3.8, 4) is 11.1 Å². The summed E-state index contributed by atoms with van der Waals surface area (Å²) >= 11 is 0. The lowest BCUT2D eigenvalue weighted by atomic mass is 9.98. The average Bonchev–Trinajstić information content (AvgIpc) is 3.05. The molecule has 5 heteroatoms. The Morgan fingerprint density at radius 3 is 2.15 bits per heavy atom. The Kier molecular flexibility index (Phi) is 4.66. The molecular formula is C22H17NO4. The van der Waals surface area contributed by atoms with Gasteiger partial charge in [-0.15, -0.1) is 0 Å². The Morgan fingerprint density at radius 1 is 0.963 bits per heavy atom. The normalized spacial score (nSPS) is 13.3. The van der Waals surface area contributed by atoms with Gasteiger partial charge in [-0.05, 0) is 34.4 Å². The first kappa shape index (κ1) is 17.0. The number of esters is 1. The summed E-state index contributed by atoms with van der Waals surface area (Å²) in [5.74, 6) is -0.647. The third-order valence-corrected chi connectivity index (χ3v) is 4.77. The number of ether oxygens (including phenoxy) is 2. The molecule has 1 aromatic heterocycles. The molecule has 1 atom stereocenters. The molecule has 1 unspecified atom stereocenters. The topological polar surface area (TPSA) is 65.5 Å². The first-order chi connectivity index (χ1) is 13.3. The first-order valence-electron chi connectivity index (χ1n) is 8.63. The van der Waals surface area contributed by atoms with Gasteiger partial charge in [0.25, 0.3) is 6.47 Å². The van der Waals surface area contributed by atoms with Crippen molar-refractivity contribution in [2.45, 2.75) is 12.0 Å². The number of benzene rings is 2. The molecular weight excluding hydrogens is 342 g/mol. The second kappa shape index (κ2) is 7.41. The molecule has 0 amide bonds. The molecule has 27 heavy (non-hydrogen) atoms. The van der Waals surface area contributed by atoms with Crippen LogP contribution in [0.4, 0.5) is 0 Å². The van der Waals surface area contributed by atoms with Crippen LogP contribution in [-0.2, 0) is 19.1 Å². The van der Waals surface area contributed by atoms with Crippen LogP contribution in [0.3, 0.4) is 0 Å². The van der Waals surface area contributed by atoms with Gasteiger partial charge in [0.2, 0.25) is 6.10 Å². The van der Waals surface area contributed by atoms with Crippen molar-refractivity contribution >= 4 is 12.4 Å². The Bertz CT molecular complexity index is 925. The standard InChI is InChI=1S/C22H17NO4/c24-14-27-21(15-9-11-23-12-10-15)22(25)26-13-20-18-7-3-1-5-16(18)17-6-2-4-8-19(17)20/h1-12,14,20-21H,13H2. The van der Waals surface area contributed by atoms with Crippen molar-refractivity contribution in [3.05, 3.63) is 89.7 Å². The summed E-state index contributed by atoms with van der Waals surface area (Å²) < 4.78 is 10.5. The predicted octanol–water partition coefficient (Wildman–Crippen LogP) is 3.65. The molecule has 0 spiro atoms. The van der Waals surface area contributed by atoms with Crippen LogP contribution in [0.5, 0.6) is 0 Å². The highest BCUT2D eigenvalue weighted by Gasteiger charge is 2.31. The van der Waals surface area contributed by atoms with Crippen LogP contribution < -0.4 is 0 Å². The number of nitrogens with zero attached hydrogens (tertiary/aromatic N) is 1. The fourth-order valence-electron chi connectivity index (χ4n) is 3.54. The summed E-state index contributed by atoms with van der Waals surface area (Å²) in [7, 11) is 0. The van der Waals surface area contributed by atoms with E-state index in [1.807, 2.05) is 24.3 Å². The van der Waals surface area contributed by atoms with Gasteiger partial charge in [0.05, 0.1) is 0 Å². The van der Waals surface area contributed by atoms with E-state index in [4.69, 9.17) is 9.47 Å². The molecule has 0 radical (unpaired) electrons. The van der Waals surface area contributed by atoms with Crippen molar-refractivity contribution < 1.29 is 19.1 Å². The largest absolute Gasteiger partial charge is 0.462 e. The van der Waals surface area contributed by atoms with E-state index in [1.165, 1.54) is 12.4 Å². The Morgan fingerprint density at radius 2 is 1.56 bits per heavy atom. The number of carbonyl (C=O) groups is 2. The molecule has 1 heterocycles. The molecule has 1 aliphatic rings. The molecule has 0 aliphatic heterocycles. The van der Waals surface area contributed by atoms with Crippen molar-refractivity contribution in [3.63, 3.8) is 0 Å². The second-order valence-electron chi connectivity index (χ2n) is 6.25. The van der Waals surface area contributed by atoms with Gasteiger partial charge in [-0.25, -0.2) is 4.79 Å². The smallest absolute Gasteiger partial charge is 0.352 e. The molecule has 2 aromatic carbocycles. The van der Waals surface area contributed by atoms with Crippen LogP contribution in [0.1, 0.15) is 28.7 Å². The number of fused-ring (bicyclic) bond motifs is 3. The van der Waals surface area contributed by atoms with Crippen molar-refractivity contribution in [2.24, 2.45) is 0 Å². The number of carbonyl (C=O) groups excluding carboxylic acids is 2. The second-order valence-corrected chi connectivity index (χ2v) is 6.25. The van der Waals surface area contributed by atoms with Gasteiger partial charge in [0.1, 0.15) is 6.61 Å². The molecule has 0 saturated carbocycles. The van der Waals surface area contributed by atoms with Gasteiger partial charge < -0.3 is 9.47 Å². The van der Waals surface area contributed by atoms with Crippen LogP contribution in [0.15, 0.2) is 73.1 Å². The van der Waals surface area contributed by atoms with Crippen molar-refractivity contribution in [2.75, 3.05) is 6.61 Å². The zero-order valence-electron chi connectivity index (χ0n) is 14.4. The zero-order valence-corrected chi connectivity index (χ0v) is 14.4. The van der Waals surface area contributed by atoms with Gasteiger partial charge in [-0.3, -0.25) is 9.78 Å². The summed E-state index contributed by atoms with van der Waals surface area (Å²) in [6, 6.07) is 19.5. The van der Waals surface area contributed by atoms with E-state index in [2.05, 4.69) is 29.2 Å². The number of aromatic nitrogens is 1. The van der Waals surface area contributed by atoms with E-state index < -0.39 is 12.1 Å². The van der Waals surface area contributed by atoms with E-state index in [0.717, 1.165) is 22.3 Å². The van der Waals surface area contributed by atoms with Gasteiger partial charge >= 0.3 is 5.97 Å². The summed E-state index contributed by atoms with van der Waals surface area (Å²) in [6.07, 6.45) is 1.97. The fraction of sp³-hybridized carbons (Fsp3) is 0.136. The molecule has 0 saturated heterocycles. The van der Waals surface area contributed by atoms with Crippen LogP contribution in [0, 0.1) is 0 Å². The van der Waals surface area contributed by atoms with Crippen molar-refractivity contribution in [1.82, 2.24) is 4.98 Å². The highest BCUT2D eigenvalue weighted by Crippen LogP contribution is 2.44. The molecule has 0 fully saturated rings. The first-order valence-corrected chi connectivity index (χ1v) is 8.63. The third-order valence-electron chi connectivity index (χ3n) is 4.77. The van der Waals surface area contributed by atoms with Crippen LogP contribution in [0.2, 0.25) is 0 Å². The van der Waals surface area contributed by atoms with E-state index >= 15 is 0 Å². The number of hydrogen-bond donors (Lipinski definition) is 0. The van der Waals surface area contributed by atoms with Crippen LogP contribution in [-0.4, -0.2) is 24.0 Å². The van der Waals surface area contributed by atoms with Crippen molar-refractivity contribution in [1.29, 1.82) is 0 Å². The molecule has 0 N–H and O–H groups in total. The van der Waals surface area contributed by atoms with E-state index in [0.29, 0.717) is 5.56 Å². The summed E-state index contributed by atoms with van der Waals surface area (Å²) in [6.45, 7) is 0.434. The summed E-state index contributed by atoms with van der Waals surface area (Å²) in [4.78, 5) is 27.3. The molecule has 3 aromatic rings. The SMILES string of the molecule is O=COC(C(=O)OCC1c2ccccc2-c2ccccc21)c1ccncc1. The monoisotopic (exact) mass is 359 g/mol. The highest BCUT2D eigenvalue weighted by molar-refractivity contribution is 5.80. The minimum Gasteiger partial charge on any atom is -0.462 e. The quantitative estimate of drug-likeness (QED) is 0.496. The molecule has 1 aliphatic carbocycles. The van der Waals surface area contributed by atoms with Gasteiger partial charge in [0, 0.05) is 23.9 Å². The third kappa shape index (κ3) is 3.19. The Balaban J connectivity index is 1.56. The average molecular weight is 359 g/mol. The lowest BCUT2D eigenvalue weighted by Gasteiger charge is -2.18. The summed E-state index contributed by atoms with van der Waals surface area (Å²) in [5.41, 5.74) is 5.09. The fourth-order valence-corrected chi connectivity index (χ4v) is 3.54. The molecule has 134 valence electrons. The number of pyridine rings is 1. The predicted molar refractivity (Wildman–Crippen MR) is 98.8 cm³/mol. The van der Waals surface area contributed by atoms with Gasteiger partial charge in [0.15, 0.2) is 0 Å². The van der Waals surface area contributed by atoms with E-state index in [-0.39, 0.29) is 19.0 Å². The Hall–Kier alpha value is -3.47. The minimum atomic E-state index is -1.10. The highest BCUT2D eigenvalue weighted by atomic mass is 16.6. The number of rotatable bonds is 6. The lowest BCUT2D eigenvalue weighted by Crippen LogP contribution is -2.21. The van der Waals surface area contributed by atoms with Crippen LogP contribution in [0.25, 0.3) is 11.1 Å². The maximum Gasteiger partial charge on any atom is 0.352 e. The lowest BCUT2D eigenvalue weighted by molar-refractivity contribution is -0.162. The van der Waals surface area contributed by atoms with Gasteiger partial charge in [-0.1, -0.05) is 48.5 Å². The summed E-state index contributed by atoms with van der Waals surface area (Å²) in [5, 5.41) is 0.